The standard InChI is InChI=1S/C11H25O11P3/c1-3-4-5-6-8-19-23(13,14)21-25(17,18)22-24(15,16)20-9-7-11(2)10-12/h7,12H,3-6,8-10H2,1-2H3,(H,13,14)(H,15,16)(H,17,18)/b11-7+. The van der Waals surface area contributed by atoms with Gasteiger partial charge < -0.3 is 19.8 Å². The molecule has 0 aromatic rings. The molecule has 11 nitrogen and oxygen atoms in total. The molecule has 0 aromatic heterocycles. The fourth-order valence-electron chi connectivity index (χ4n) is 1.37. The Morgan fingerprint density at radius 2 is 1.48 bits per heavy atom. The van der Waals surface area contributed by atoms with E-state index in [-0.39, 0.29) is 13.2 Å². The number of aliphatic hydroxyl groups is 1. The van der Waals surface area contributed by atoms with Gasteiger partial charge in [-0.25, -0.2) is 13.7 Å². The molecule has 0 rings (SSSR count). The van der Waals surface area contributed by atoms with Crippen LogP contribution >= 0.6 is 23.5 Å². The van der Waals surface area contributed by atoms with Crippen LogP contribution in [0.15, 0.2) is 11.6 Å². The molecule has 0 saturated carbocycles. The average molecular weight is 426 g/mol. The highest BCUT2D eigenvalue weighted by Crippen LogP contribution is 2.67. The Labute approximate surface area is 146 Å². The summed E-state index contributed by atoms with van der Waals surface area (Å²) < 4.78 is 51.3. The molecule has 0 amide bonds. The van der Waals surface area contributed by atoms with E-state index in [4.69, 9.17) is 5.11 Å². The van der Waals surface area contributed by atoms with Gasteiger partial charge in [0.2, 0.25) is 0 Å². The van der Waals surface area contributed by atoms with Crippen molar-refractivity contribution < 1.29 is 51.2 Å². The minimum absolute atomic E-state index is 0.202. The zero-order chi connectivity index (χ0) is 19.6. The van der Waals surface area contributed by atoms with Crippen molar-refractivity contribution in [2.75, 3.05) is 19.8 Å². The van der Waals surface area contributed by atoms with Crippen molar-refractivity contribution in [3.05, 3.63) is 11.6 Å². The van der Waals surface area contributed by atoms with Crippen LogP contribution in [0.3, 0.4) is 0 Å². The molecule has 0 fully saturated rings. The first-order valence-corrected chi connectivity index (χ1v) is 11.9. The molecule has 0 bridgehead atoms. The third-order valence-corrected chi connectivity index (χ3v) is 6.87. The zero-order valence-corrected chi connectivity index (χ0v) is 16.7. The van der Waals surface area contributed by atoms with Crippen molar-refractivity contribution in [2.24, 2.45) is 0 Å². The lowest BCUT2D eigenvalue weighted by Crippen LogP contribution is -2.00. The molecule has 3 unspecified atom stereocenters. The van der Waals surface area contributed by atoms with Gasteiger partial charge in [-0.1, -0.05) is 32.3 Å². The van der Waals surface area contributed by atoms with Gasteiger partial charge in [-0.15, -0.1) is 0 Å². The van der Waals surface area contributed by atoms with Crippen LogP contribution in [0, 0.1) is 0 Å². The minimum Gasteiger partial charge on any atom is -0.392 e. The van der Waals surface area contributed by atoms with Gasteiger partial charge in [0, 0.05) is 0 Å². The molecule has 3 atom stereocenters. The largest absolute Gasteiger partial charge is 0.490 e. The lowest BCUT2D eigenvalue weighted by atomic mass is 10.2. The van der Waals surface area contributed by atoms with Crippen molar-refractivity contribution in [1.82, 2.24) is 0 Å². The monoisotopic (exact) mass is 426 g/mol. The SMILES string of the molecule is CCCCCCOP(=O)(O)OP(=O)(O)OP(=O)(O)OC/C=C(\C)CO. The fraction of sp³-hybridized carbons (Fsp3) is 0.818. The quantitative estimate of drug-likeness (QED) is 0.183. The molecular weight excluding hydrogens is 401 g/mol. The van der Waals surface area contributed by atoms with Crippen molar-refractivity contribution in [3.63, 3.8) is 0 Å². The van der Waals surface area contributed by atoms with Crippen molar-refractivity contribution >= 4 is 23.5 Å². The highest BCUT2D eigenvalue weighted by molar-refractivity contribution is 7.66. The lowest BCUT2D eigenvalue weighted by Gasteiger charge is -2.17. The number of rotatable bonds is 14. The molecule has 0 aliphatic carbocycles. The maximum Gasteiger partial charge on any atom is 0.490 e. The molecule has 0 saturated heterocycles. The zero-order valence-electron chi connectivity index (χ0n) is 14.0. The van der Waals surface area contributed by atoms with E-state index < -0.39 is 30.1 Å². The van der Waals surface area contributed by atoms with Gasteiger partial charge in [0.1, 0.15) is 0 Å². The normalized spacial score (nSPS) is 19.8. The van der Waals surface area contributed by atoms with Crippen LogP contribution in [0.4, 0.5) is 0 Å². The van der Waals surface area contributed by atoms with Gasteiger partial charge in [-0.2, -0.15) is 8.62 Å². The smallest absolute Gasteiger partial charge is 0.392 e. The molecule has 0 aliphatic heterocycles. The van der Waals surface area contributed by atoms with E-state index in [1.165, 1.54) is 13.0 Å². The van der Waals surface area contributed by atoms with Gasteiger partial charge in [0.25, 0.3) is 0 Å². The molecule has 4 N–H and O–H groups in total. The van der Waals surface area contributed by atoms with Gasteiger partial charge in [-0.3, -0.25) is 9.05 Å². The third-order valence-electron chi connectivity index (χ3n) is 2.58. The van der Waals surface area contributed by atoms with E-state index >= 15 is 0 Å². The van der Waals surface area contributed by atoms with Crippen LogP contribution in [0.2, 0.25) is 0 Å². The molecule has 0 heterocycles. The Hall–Kier alpha value is 0.110. The van der Waals surface area contributed by atoms with Crippen molar-refractivity contribution in [1.29, 1.82) is 0 Å². The van der Waals surface area contributed by atoms with Crippen LogP contribution in [0.1, 0.15) is 39.5 Å². The van der Waals surface area contributed by atoms with E-state index in [1.54, 1.807) is 0 Å². The second kappa shape index (κ2) is 11.7. The minimum atomic E-state index is -5.41. The summed E-state index contributed by atoms with van der Waals surface area (Å²) in [6.45, 7) is 2.45. The second-order valence-electron chi connectivity index (χ2n) is 4.97. The predicted octanol–water partition coefficient (Wildman–Crippen LogP) is 2.87. The van der Waals surface area contributed by atoms with Crippen LogP contribution in [-0.4, -0.2) is 39.6 Å². The van der Waals surface area contributed by atoms with Gasteiger partial charge >= 0.3 is 23.5 Å². The summed E-state index contributed by atoms with van der Waals surface area (Å²) in [6.07, 6.45) is 4.20. The number of unbranched alkanes of at least 4 members (excludes halogenated alkanes) is 3. The van der Waals surface area contributed by atoms with Crippen LogP contribution in [0.25, 0.3) is 0 Å². The predicted molar refractivity (Wildman–Crippen MR) is 88.5 cm³/mol. The molecule has 25 heavy (non-hydrogen) atoms. The van der Waals surface area contributed by atoms with Crippen molar-refractivity contribution in [3.8, 4) is 0 Å². The summed E-state index contributed by atoms with van der Waals surface area (Å²) >= 11 is 0. The molecule has 0 aromatic carbocycles. The summed E-state index contributed by atoms with van der Waals surface area (Å²) in [4.78, 5) is 27.9. The number of hydrogen-bond donors (Lipinski definition) is 4. The molecule has 0 aliphatic rings. The Morgan fingerprint density at radius 3 is 2.00 bits per heavy atom. The number of hydrogen-bond acceptors (Lipinski definition) is 8. The first-order chi connectivity index (χ1) is 11.4. The third kappa shape index (κ3) is 13.9. The second-order valence-corrected chi connectivity index (χ2v) is 9.60. The molecule has 14 heteroatoms. The Kier molecular flexibility index (Phi) is 11.8. The van der Waals surface area contributed by atoms with E-state index in [0.29, 0.717) is 12.0 Å². The number of aliphatic hydroxyl groups excluding tert-OH is 1. The summed E-state index contributed by atoms with van der Waals surface area (Å²) in [5.41, 5.74) is 0.416. The highest BCUT2D eigenvalue weighted by atomic mass is 31.3. The maximum absolute atomic E-state index is 11.6. The molecule has 150 valence electrons. The number of phosphoric acid groups is 3. The van der Waals surface area contributed by atoms with Gasteiger partial charge in [0.05, 0.1) is 19.8 Å². The Morgan fingerprint density at radius 1 is 0.920 bits per heavy atom. The summed E-state index contributed by atoms with van der Waals surface area (Å²) in [7, 11) is -15.4. The van der Waals surface area contributed by atoms with Crippen LogP contribution in [0.5, 0.6) is 0 Å². The lowest BCUT2D eigenvalue weighted by molar-refractivity contribution is 0.161. The van der Waals surface area contributed by atoms with E-state index in [1.807, 2.05) is 6.92 Å². The molecular formula is C11H25O11P3. The topological polar surface area (TPSA) is 169 Å². The maximum atomic E-state index is 11.6. The molecule has 0 spiro atoms. The van der Waals surface area contributed by atoms with Gasteiger partial charge in [-0.05, 0) is 18.9 Å². The molecule has 0 radical (unpaired) electrons. The summed E-state index contributed by atoms with van der Waals surface area (Å²) in [5, 5.41) is 8.73. The highest BCUT2D eigenvalue weighted by Gasteiger charge is 2.41. The first-order valence-electron chi connectivity index (χ1n) is 7.39. The van der Waals surface area contributed by atoms with Crippen LogP contribution in [-0.2, 0) is 31.4 Å². The Balaban J connectivity index is 4.51. The van der Waals surface area contributed by atoms with E-state index in [9.17, 15) is 28.4 Å². The first kappa shape index (κ1) is 25.1. The number of phosphoric ester groups is 2. The van der Waals surface area contributed by atoms with E-state index in [2.05, 4.69) is 17.7 Å². The fourth-order valence-corrected chi connectivity index (χ4v) is 4.84. The Bertz CT molecular complexity index is 561. The van der Waals surface area contributed by atoms with Gasteiger partial charge in [0.15, 0.2) is 0 Å². The summed E-state index contributed by atoms with van der Waals surface area (Å²) in [6, 6.07) is 0. The average Bonchev–Trinajstić information content (AvgIpc) is 2.43. The van der Waals surface area contributed by atoms with Crippen LogP contribution < -0.4 is 0 Å². The van der Waals surface area contributed by atoms with E-state index in [0.717, 1.165) is 19.3 Å². The summed E-state index contributed by atoms with van der Waals surface area (Å²) in [5.74, 6) is 0. The van der Waals surface area contributed by atoms with Crippen molar-refractivity contribution in [2.45, 2.75) is 39.5 Å².